The molecule has 6 bridgehead atoms. The molecular formula is C48H61N8O7Si. The van der Waals surface area contributed by atoms with E-state index in [-0.39, 0.29) is 48.1 Å². The van der Waals surface area contributed by atoms with Crippen LogP contribution < -0.4 is 15.9 Å². The van der Waals surface area contributed by atoms with E-state index < -0.39 is 26.5 Å². The molecule has 2 aromatic heterocycles. The van der Waals surface area contributed by atoms with E-state index in [2.05, 4.69) is 84.2 Å². The van der Waals surface area contributed by atoms with Gasteiger partial charge in [-0.3, -0.25) is 24.4 Å². The van der Waals surface area contributed by atoms with Crippen LogP contribution in [0.15, 0.2) is 73.4 Å². The fourth-order valence-electron chi connectivity index (χ4n) is 9.62. The van der Waals surface area contributed by atoms with Crippen molar-refractivity contribution in [3.63, 3.8) is 0 Å². The minimum Gasteiger partial charge on any atom is -0.468 e. The highest BCUT2D eigenvalue weighted by molar-refractivity contribution is 6.86. The smallest absolute Gasteiger partial charge is 0.429 e. The van der Waals surface area contributed by atoms with Crippen LogP contribution in [0.3, 0.4) is 0 Å². The molecule has 0 aliphatic carbocycles. The Balaban J connectivity index is 1.16. The number of cyclic esters (lactones) is 1. The predicted octanol–water partition coefficient (Wildman–Crippen LogP) is 5.99. The van der Waals surface area contributed by atoms with Crippen LogP contribution in [0.25, 0.3) is 33.3 Å². The van der Waals surface area contributed by atoms with Crippen molar-refractivity contribution in [3.8, 4) is 22.4 Å². The van der Waals surface area contributed by atoms with Gasteiger partial charge in [0.25, 0.3) is 20.5 Å². The summed E-state index contributed by atoms with van der Waals surface area (Å²) in [5.74, 6) is -0.223. The number of fused-ring (bicyclic) bond motifs is 6. The van der Waals surface area contributed by atoms with Gasteiger partial charge in [-0.25, -0.2) is 9.89 Å². The second-order valence-corrected chi connectivity index (χ2v) is 20.5. The number of hydrazine groups is 1. The summed E-state index contributed by atoms with van der Waals surface area (Å²) >= 11 is 0. The molecule has 15 nitrogen and oxygen atoms in total. The van der Waals surface area contributed by atoms with Gasteiger partial charge in [0.05, 0.1) is 42.2 Å². The number of methoxy groups -OCH3 is 1. The van der Waals surface area contributed by atoms with Crippen LogP contribution in [-0.2, 0) is 43.3 Å². The third kappa shape index (κ3) is 9.24. The first kappa shape index (κ1) is 45.2. The summed E-state index contributed by atoms with van der Waals surface area (Å²) in [6.45, 7) is 17.1. The molecule has 3 saturated heterocycles. The molecule has 0 unspecified atom stereocenters. The Morgan fingerprint density at radius 2 is 1.92 bits per heavy atom. The van der Waals surface area contributed by atoms with Crippen molar-refractivity contribution in [2.45, 2.75) is 90.7 Å². The molecule has 4 aliphatic rings. The number of aromatic nitrogens is 2. The van der Waals surface area contributed by atoms with Gasteiger partial charge < -0.3 is 34.0 Å². The number of benzene rings is 2. The lowest BCUT2D eigenvalue weighted by atomic mass is 9.84. The number of likely N-dealkylation sites (tertiary alicyclic amines) is 1. The third-order valence-electron chi connectivity index (χ3n) is 13.2. The van der Waals surface area contributed by atoms with Crippen LogP contribution in [0.4, 0.5) is 9.59 Å². The van der Waals surface area contributed by atoms with Gasteiger partial charge in [0.15, 0.2) is 0 Å². The maximum atomic E-state index is 14.7. The predicted molar refractivity (Wildman–Crippen MR) is 246 cm³/mol. The van der Waals surface area contributed by atoms with Crippen molar-refractivity contribution < 1.29 is 33.5 Å². The van der Waals surface area contributed by atoms with E-state index in [1.165, 1.54) is 6.08 Å². The van der Waals surface area contributed by atoms with Crippen molar-refractivity contribution >= 4 is 43.4 Å². The molecule has 6 heterocycles. The van der Waals surface area contributed by atoms with E-state index in [4.69, 9.17) is 19.3 Å². The van der Waals surface area contributed by atoms with Crippen LogP contribution in [0.2, 0.25) is 6.04 Å². The van der Waals surface area contributed by atoms with Crippen LogP contribution in [0.1, 0.15) is 64.0 Å². The summed E-state index contributed by atoms with van der Waals surface area (Å²) in [5.41, 5.74) is 10.3. The molecule has 3 amide bonds. The molecule has 0 saturated carbocycles. The van der Waals surface area contributed by atoms with Crippen molar-refractivity contribution in [3.05, 3.63) is 90.3 Å². The number of hydroxylamine groups is 1. The molecule has 64 heavy (non-hydrogen) atoms. The maximum absolute atomic E-state index is 14.7. The van der Waals surface area contributed by atoms with Gasteiger partial charge in [0.1, 0.15) is 0 Å². The maximum Gasteiger partial charge on any atom is 0.429 e. The molecule has 1 radical (unpaired) electrons. The van der Waals surface area contributed by atoms with Crippen molar-refractivity contribution in [2.24, 2.45) is 11.3 Å². The highest BCUT2D eigenvalue weighted by Crippen LogP contribution is 2.42. The number of nitrogens with zero attached hydrogens (tertiary/aromatic N) is 5. The molecule has 3 N–H and O–H groups in total. The largest absolute Gasteiger partial charge is 0.468 e. The van der Waals surface area contributed by atoms with Gasteiger partial charge in [-0.1, -0.05) is 50.8 Å². The lowest BCUT2D eigenvalue weighted by molar-refractivity contribution is -0.135. The fraction of sp³-hybridized carbons (Fsp3) is 0.479. The second-order valence-electron chi connectivity index (χ2n) is 18.4. The number of nitrogens with one attached hydrogen (secondary N) is 3. The molecular weight excluding hydrogens is 829 g/mol. The minimum absolute atomic E-state index is 0.0859. The molecule has 0 spiro atoms. The lowest BCUT2D eigenvalue weighted by Crippen LogP contribution is -2.66. The molecule has 4 atom stereocenters. The van der Waals surface area contributed by atoms with Gasteiger partial charge in [-0.05, 0) is 98.7 Å². The Morgan fingerprint density at radius 3 is 2.69 bits per heavy atom. The van der Waals surface area contributed by atoms with Crippen LogP contribution in [0.5, 0.6) is 0 Å². The standard InChI is InChI=1S/C48H61N8O7Si/c1-8-42(57)53-26-33(27-53)28-55-41(30(3)51-63-46(55)59)25-50-39-22-32-13-10-14-34(21-32)35-16-17-40-37(23-35)38(44(54(40)9-2)36-15-11-18-49-43(36)31(4)61-7)24-48(5,6)29-62-47(60)64-20-12-19-56(52-64)45(39)58/h8,10-11,13-18,21,23,30-31,33,39,41,50-52H,1,9,12,19-20,22,24-29H2,2-7H3/t30-,31+,39+,41-/m1/s1. The van der Waals surface area contributed by atoms with Crippen LogP contribution >= 0.6 is 0 Å². The summed E-state index contributed by atoms with van der Waals surface area (Å²) in [7, 11) is -0.265. The number of carbonyl (C=O) groups is 4. The Hall–Kier alpha value is -5.39. The molecule has 339 valence electrons. The van der Waals surface area contributed by atoms with Crippen LogP contribution in [0, 0.1) is 11.3 Å². The zero-order valence-corrected chi connectivity index (χ0v) is 38.8. The Kier molecular flexibility index (Phi) is 13.4. The Labute approximate surface area is 377 Å². The minimum atomic E-state index is -1.97. The number of rotatable bonds is 10. The molecule has 8 rings (SSSR count). The van der Waals surface area contributed by atoms with E-state index in [0.29, 0.717) is 58.0 Å². The highest BCUT2D eigenvalue weighted by Gasteiger charge is 2.41. The second kappa shape index (κ2) is 19.0. The van der Waals surface area contributed by atoms with Gasteiger partial charge in [-0.15, -0.1) is 5.48 Å². The van der Waals surface area contributed by atoms with E-state index in [1.54, 1.807) is 21.9 Å². The SMILES string of the molecule is C=CC(=O)N1CC(CN2C(=O)ON[C@H](C)[C@H]2CN[C@H]2Cc3cccc(c3)-c3ccc4c(c3)c(c(-c3cccnc3[C@H](C)OC)n4CC)CC(C)(C)COC(=O)[Si]3CCCN(N3)C2=O)C1. The normalized spacial score (nSPS) is 22.7. The summed E-state index contributed by atoms with van der Waals surface area (Å²) in [6.07, 6.45) is 4.03. The van der Waals surface area contributed by atoms with Crippen molar-refractivity contribution in [1.29, 1.82) is 0 Å². The molecule has 3 fully saturated rings. The first-order valence-corrected chi connectivity index (χ1v) is 24.2. The zero-order chi connectivity index (χ0) is 45.3. The van der Waals surface area contributed by atoms with Crippen molar-refractivity contribution in [2.75, 3.05) is 46.4 Å². The highest BCUT2D eigenvalue weighted by atomic mass is 28.3. The number of amides is 3. The van der Waals surface area contributed by atoms with Crippen molar-refractivity contribution in [1.82, 2.24) is 40.2 Å². The summed E-state index contributed by atoms with van der Waals surface area (Å²) < 4.78 is 14.4. The van der Waals surface area contributed by atoms with E-state index in [0.717, 1.165) is 56.7 Å². The average molecular weight is 890 g/mol. The first-order valence-electron chi connectivity index (χ1n) is 22.5. The van der Waals surface area contributed by atoms with Crippen LogP contribution in [-0.4, -0.2) is 121 Å². The quantitative estimate of drug-likeness (QED) is 0.127. The molecule has 2 aromatic carbocycles. The molecule has 4 aliphatic heterocycles. The van der Waals surface area contributed by atoms with Gasteiger partial charge >= 0.3 is 6.09 Å². The summed E-state index contributed by atoms with van der Waals surface area (Å²) in [4.78, 5) is 67.6. The molecule has 16 heteroatoms. The number of hydrogen-bond donors (Lipinski definition) is 3. The average Bonchev–Trinajstić information content (AvgIpc) is 3.59. The number of aryl methyl sites for hydroxylation is 1. The Morgan fingerprint density at radius 1 is 1.12 bits per heavy atom. The van der Waals surface area contributed by atoms with E-state index in [1.807, 2.05) is 38.2 Å². The first-order chi connectivity index (χ1) is 30.8. The topological polar surface area (TPSA) is 160 Å². The van der Waals surface area contributed by atoms with Gasteiger partial charge in [0.2, 0.25) is 5.91 Å². The fourth-order valence-corrected chi connectivity index (χ4v) is 11.3. The number of ether oxygens (including phenoxy) is 2. The number of carbonyl (C=O) groups excluding carboxylic acids is 4. The third-order valence-corrected chi connectivity index (χ3v) is 15.2. The van der Waals surface area contributed by atoms with Gasteiger partial charge in [0, 0.05) is 80.4 Å². The van der Waals surface area contributed by atoms with Gasteiger partial charge in [-0.2, -0.15) is 0 Å². The lowest BCUT2D eigenvalue weighted by Gasteiger charge is -2.45. The number of hydrogen-bond acceptors (Lipinski definition) is 11. The zero-order valence-electron chi connectivity index (χ0n) is 37.8. The monoisotopic (exact) mass is 889 g/mol. The number of pyridine rings is 1. The molecule has 4 aromatic rings. The summed E-state index contributed by atoms with van der Waals surface area (Å²) in [6, 6.07) is 18.4. The summed E-state index contributed by atoms with van der Waals surface area (Å²) in [5, 5.41) is 9.63. The van der Waals surface area contributed by atoms with E-state index >= 15 is 0 Å². The Bertz CT molecular complexity index is 2420. The van der Waals surface area contributed by atoms with E-state index in [9.17, 15) is 19.2 Å².